The van der Waals surface area contributed by atoms with Crippen molar-refractivity contribution in [3.05, 3.63) is 52.8 Å². The fourth-order valence-corrected chi connectivity index (χ4v) is 3.67. The van der Waals surface area contributed by atoms with E-state index in [1.165, 1.54) is 19.1 Å². The molecule has 0 bridgehead atoms. The van der Waals surface area contributed by atoms with Crippen LogP contribution in [0.25, 0.3) is 0 Å². The minimum absolute atomic E-state index is 0.0608. The van der Waals surface area contributed by atoms with Gasteiger partial charge in [-0.05, 0) is 44.2 Å². The Morgan fingerprint density at radius 2 is 1.86 bits per heavy atom. The molecule has 0 heterocycles. The first-order valence-corrected chi connectivity index (χ1v) is 9.82. The molecule has 0 fully saturated rings. The van der Waals surface area contributed by atoms with E-state index in [0.29, 0.717) is 18.4 Å². The van der Waals surface area contributed by atoms with E-state index in [2.05, 4.69) is 4.72 Å². The number of anilines is 1. The molecule has 0 spiro atoms. The van der Waals surface area contributed by atoms with Gasteiger partial charge in [-0.2, -0.15) is 4.72 Å². The van der Waals surface area contributed by atoms with Crippen molar-refractivity contribution in [1.82, 2.24) is 4.72 Å². The average Bonchev–Trinajstić information content (AvgIpc) is 2.63. The van der Waals surface area contributed by atoms with Crippen molar-refractivity contribution in [3.8, 4) is 5.75 Å². The second kappa shape index (κ2) is 8.80. The monoisotopic (exact) mass is 436 g/mol. The minimum atomic E-state index is -4.15. The first-order valence-electron chi connectivity index (χ1n) is 7.95. The second-order valence-electron chi connectivity index (χ2n) is 5.58. The smallest absolute Gasteiger partial charge is 0.242 e. The van der Waals surface area contributed by atoms with Crippen LogP contribution in [0, 0.1) is 17.5 Å². The highest BCUT2D eigenvalue weighted by Gasteiger charge is 2.24. The Morgan fingerprint density at radius 3 is 2.46 bits per heavy atom. The molecule has 0 unspecified atom stereocenters. The molecule has 0 aliphatic rings. The lowest BCUT2D eigenvalue weighted by Crippen LogP contribution is -2.41. The molecule has 2 N–H and O–H groups in total. The van der Waals surface area contributed by atoms with Gasteiger partial charge in [0.1, 0.15) is 5.75 Å². The number of nitrogens with one attached hydrogen (secondary N) is 2. The van der Waals surface area contributed by atoms with Crippen LogP contribution >= 0.6 is 11.6 Å². The third-order valence-corrected chi connectivity index (χ3v) is 5.37. The Labute approximate surface area is 164 Å². The number of sulfonamides is 1. The number of carbonyl (C=O) groups excluding carboxylic acids is 1. The van der Waals surface area contributed by atoms with Crippen LogP contribution in [0.15, 0.2) is 35.2 Å². The van der Waals surface area contributed by atoms with E-state index in [9.17, 15) is 26.4 Å². The maximum absolute atomic E-state index is 13.6. The van der Waals surface area contributed by atoms with Gasteiger partial charge in [0.2, 0.25) is 15.9 Å². The first-order chi connectivity index (χ1) is 13.1. The van der Waals surface area contributed by atoms with Crippen molar-refractivity contribution in [2.45, 2.75) is 24.8 Å². The van der Waals surface area contributed by atoms with Crippen LogP contribution in [-0.2, 0) is 14.8 Å². The van der Waals surface area contributed by atoms with Gasteiger partial charge in [-0.1, -0.05) is 11.6 Å². The van der Waals surface area contributed by atoms with Gasteiger partial charge in [0.15, 0.2) is 17.5 Å². The lowest BCUT2D eigenvalue weighted by atomic mass is 10.2. The lowest BCUT2D eigenvalue weighted by Gasteiger charge is -2.15. The fourth-order valence-electron chi connectivity index (χ4n) is 2.14. The molecule has 6 nitrogen and oxygen atoms in total. The number of carbonyl (C=O) groups is 1. The number of rotatable bonds is 7. The Bertz CT molecular complexity index is 1000. The largest absolute Gasteiger partial charge is 0.492 e. The van der Waals surface area contributed by atoms with Crippen LogP contribution in [0.3, 0.4) is 0 Å². The fraction of sp³-hybridized carbons (Fsp3) is 0.235. The SMILES string of the molecule is CCOc1ccc(S(=O)(=O)N[C@@H](C)C(=O)Nc2ccc(F)c(F)c2F)cc1Cl. The second-order valence-corrected chi connectivity index (χ2v) is 7.70. The minimum Gasteiger partial charge on any atom is -0.492 e. The van der Waals surface area contributed by atoms with Crippen LogP contribution in [0.2, 0.25) is 5.02 Å². The van der Waals surface area contributed by atoms with Gasteiger partial charge in [-0.25, -0.2) is 21.6 Å². The Kier molecular flexibility index (Phi) is 6.91. The molecule has 1 atom stereocenters. The molecular formula is C17H16ClF3N2O4S. The summed E-state index contributed by atoms with van der Waals surface area (Å²) in [5.74, 6) is -5.46. The molecule has 0 radical (unpaired) electrons. The number of ether oxygens (including phenoxy) is 1. The quantitative estimate of drug-likeness (QED) is 0.651. The highest BCUT2D eigenvalue weighted by Crippen LogP contribution is 2.27. The topological polar surface area (TPSA) is 84.5 Å². The predicted molar refractivity (Wildman–Crippen MR) is 97.4 cm³/mol. The number of halogens is 4. The maximum atomic E-state index is 13.6. The summed E-state index contributed by atoms with van der Waals surface area (Å²) in [6.45, 7) is 3.27. The summed E-state index contributed by atoms with van der Waals surface area (Å²) in [5, 5.41) is 2.06. The molecule has 11 heteroatoms. The summed E-state index contributed by atoms with van der Waals surface area (Å²) in [6, 6.07) is 3.84. The molecule has 1 amide bonds. The number of hydrogen-bond acceptors (Lipinski definition) is 4. The molecule has 28 heavy (non-hydrogen) atoms. The zero-order valence-corrected chi connectivity index (χ0v) is 16.3. The van der Waals surface area contributed by atoms with Gasteiger partial charge >= 0.3 is 0 Å². The van der Waals surface area contributed by atoms with Gasteiger partial charge < -0.3 is 10.1 Å². The van der Waals surface area contributed by atoms with E-state index in [1.807, 2.05) is 5.32 Å². The molecule has 0 saturated heterocycles. The lowest BCUT2D eigenvalue weighted by molar-refractivity contribution is -0.117. The first kappa shape index (κ1) is 22.0. The standard InChI is InChI=1S/C17H16ClF3N2O4S/c1-3-27-14-7-4-10(8-11(14)18)28(25,26)23-9(2)17(24)22-13-6-5-12(19)15(20)16(13)21/h4-9,23H,3H2,1-2H3,(H,22,24)/t9-/m0/s1. The normalized spacial score (nSPS) is 12.5. The molecule has 2 aromatic carbocycles. The average molecular weight is 437 g/mol. The molecule has 2 rings (SSSR count). The zero-order valence-electron chi connectivity index (χ0n) is 14.7. The summed E-state index contributed by atoms with van der Waals surface area (Å²) in [4.78, 5) is 11.9. The van der Waals surface area contributed by atoms with Crippen LogP contribution in [0.1, 0.15) is 13.8 Å². The Morgan fingerprint density at radius 1 is 1.18 bits per heavy atom. The van der Waals surface area contributed by atoms with Gasteiger partial charge in [0.05, 0.1) is 28.3 Å². The van der Waals surface area contributed by atoms with Crippen molar-refractivity contribution in [3.63, 3.8) is 0 Å². The van der Waals surface area contributed by atoms with Crippen molar-refractivity contribution < 1.29 is 31.1 Å². The summed E-state index contributed by atoms with van der Waals surface area (Å²) in [6.07, 6.45) is 0. The maximum Gasteiger partial charge on any atom is 0.242 e. The van der Waals surface area contributed by atoms with Crippen LogP contribution < -0.4 is 14.8 Å². The van der Waals surface area contributed by atoms with E-state index in [-0.39, 0.29) is 9.92 Å². The summed E-state index contributed by atoms with van der Waals surface area (Å²) in [5.41, 5.74) is -0.626. The molecular weight excluding hydrogens is 421 g/mol. The highest BCUT2D eigenvalue weighted by atomic mass is 35.5. The van der Waals surface area contributed by atoms with Gasteiger partial charge in [-0.15, -0.1) is 0 Å². The summed E-state index contributed by atoms with van der Waals surface area (Å²) in [7, 11) is -4.15. The van der Waals surface area contributed by atoms with E-state index in [0.717, 1.165) is 12.1 Å². The molecule has 2 aromatic rings. The highest BCUT2D eigenvalue weighted by molar-refractivity contribution is 7.89. The molecule has 0 saturated carbocycles. The van der Waals surface area contributed by atoms with E-state index >= 15 is 0 Å². The Balaban J connectivity index is 2.14. The molecule has 0 aliphatic carbocycles. The number of hydrogen-bond donors (Lipinski definition) is 2. The van der Waals surface area contributed by atoms with Crippen molar-refractivity contribution in [2.75, 3.05) is 11.9 Å². The van der Waals surface area contributed by atoms with Gasteiger partial charge in [0, 0.05) is 0 Å². The van der Waals surface area contributed by atoms with Crippen molar-refractivity contribution in [2.24, 2.45) is 0 Å². The van der Waals surface area contributed by atoms with Crippen molar-refractivity contribution >= 4 is 33.2 Å². The zero-order chi connectivity index (χ0) is 21.1. The predicted octanol–water partition coefficient (Wildman–Crippen LogP) is 3.46. The molecule has 0 aliphatic heterocycles. The number of benzene rings is 2. The van der Waals surface area contributed by atoms with Gasteiger partial charge in [-0.3, -0.25) is 4.79 Å². The number of amides is 1. The van der Waals surface area contributed by atoms with Crippen LogP contribution in [0.4, 0.5) is 18.9 Å². The molecule has 152 valence electrons. The summed E-state index contributed by atoms with van der Waals surface area (Å²) >= 11 is 5.96. The summed E-state index contributed by atoms with van der Waals surface area (Å²) < 4.78 is 71.9. The third-order valence-electron chi connectivity index (χ3n) is 3.53. The Hall–Kier alpha value is -2.30. The van der Waals surface area contributed by atoms with Gasteiger partial charge in [0.25, 0.3) is 0 Å². The van der Waals surface area contributed by atoms with Crippen LogP contribution in [0.5, 0.6) is 5.75 Å². The van der Waals surface area contributed by atoms with E-state index < -0.39 is 45.1 Å². The van der Waals surface area contributed by atoms with Crippen LogP contribution in [-0.4, -0.2) is 27.0 Å². The molecule has 0 aromatic heterocycles. The van der Waals surface area contributed by atoms with E-state index in [1.54, 1.807) is 6.92 Å². The van der Waals surface area contributed by atoms with E-state index in [4.69, 9.17) is 16.3 Å². The van der Waals surface area contributed by atoms with Crippen molar-refractivity contribution in [1.29, 1.82) is 0 Å². The third kappa shape index (κ3) is 4.94.